The fourth-order valence-electron chi connectivity index (χ4n) is 3.48. The molecule has 2 aliphatic rings. The largest absolute Gasteiger partial charge is 0.315 e. The van der Waals surface area contributed by atoms with Crippen molar-refractivity contribution in [3.05, 3.63) is 34.9 Å². The zero-order valence-corrected chi connectivity index (χ0v) is 11.0. The lowest BCUT2D eigenvalue weighted by atomic mass is 9.69. The molecule has 2 heteroatoms. The van der Waals surface area contributed by atoms with Gasteiger partial charge in [-0.3, -0.25) is 0 Å². The van der Waals surface area contributed by atoms with Gasteiger partial charge in [0.25, 0.3) is 0 Å². The lowest BCUT2D eigenvalue weighted by Gasteiger charge is -2.45. The minimum Gasteiger partial charge on any atom is -0.315 e. The van der Waals surface area contributed by atoms with Gasteiger partial charge in [-0.2, -0.15) is 0 Å². The molecular weight excluding hydrogens is 230 g/mol. The number of hydrogen-bond acceptors (Lipinski definition) is 1. The van der Waals surface area contributed by atoms with Crippen LogP contribution in [0, 0.1) is 5.92 Å². The molecule has 0 aromatic heterocycles. The first-order valence-corrected chi connectivity index (χ1v) is 7.13. The second kappa shape index (κ2) is 4.62. The summed E-state index contributed by atoms with van der Waals surface area (Å²) in [4.78, 5) is 0. The van der Waals surface area contributed by atoms with Gasteiger partial charge >= 0.3 is 0 Å². The lowest BCUT2D eigenvalue weighted by molar-refractivity contribution is 0.218. The van der Waals surface area contributed by atoms with Crippen LogP contribution in [0.1, 0.15) is 37.7 Å². The summed E-state index contributed by atoms with van der Waals surface area (Å²) in [7, 11) is 0. The lowest BCUT2D eigenvalue weighted by Crippen LogP contribution is -2.57. The summed E-state index contributed by atoms with van der Waals surface area (Å²) in [6.45, 7) is 2.26. The van der Waals surface area contributed by atoms with Crippen molar-refractivity contribution in [2.24, 2.45) is 5.92 Å². The Bertz CT molecular complexity index is 392. The van der Waals surface area contributed by atoms with Crippen LogP contribution in [0.4, 0.5) is 0 Å². The van der Waals surface area contributed by atoms with E-state index in [0.29, 0.717) is 5.41 Å². The van der Waals surface area contributed by atoms with E-state index in [0.717, 1.165) is 24.0 Å². The van der Waals surface area contributed by atoms with E-state index in [-0.39, 0.29) is 0 Å². The Balaban J connectivity index is 1.81. The first-order chi connectivity index (χ1) is 8.28. The van der Waals surface area contributed by atoms with Gasteiger partial charge in [-0.25, -0.2) is 0 Å². The Morgan fingerprint density at radius 2 is 2.00 bits per heavy atom. The number of benzene rings is 1. The SMILES string of the molecule is Clc1cccc(C2(CC3CCCC3)CNC2)c1. The van der Waals surface area contributed by atoms with Crippen molar-refractivity contribution in [3.8, 4) is 0 Å². The number of halogens is 1. The van der Waals surface area contributed by atoms with Gasteiger partial charge in [-0.15, -0.1) is 0 Å². The van der Waals surface area contributed by atoms with Gasteiger partial charge < -0.3 is 5.32 Å². The summed E-state index contributed by atoms with van der Waals surface area (Å²) in [5.41, 5.74) is 1.82. The first kappa shape index (κ1) is 11.6. The number of hydrogen-bond donors (Lipinski definition) is 1. The van der Waals surface area contributed by atoms with Gasteiger partial charge in [0.05, 0.1) is 0 Å². The highest BCUT2D eigenvalue weighted by Gasteiger charge is 2.40. The van der Waals surface area contributed by atoms with E-state index < -0.39 is 0 Å². The van der Waals surface area contributed by atoms with Gasteiger partial charge in [0.15, 0.2) is 0 Å². The van der Waals surface area contributed by atoms with Gasteiger partial charge in [0.1, 0.15) is 0 Å². The molecule has 1 saturated heterocycles. The Kier molecular flexibility index (Phi) is 3.14. The van der Waals surface area contributed by atoms with Crippen LogP contribution in [0.3, 0.4) is 0 Å². The highest BCUT2D eigenvalue weighted by Crippen LogP contribution is 2.41. The van der Waals surface area contributed by atoms with Crippen LogP contribution in [0.15, 0.2) is 24.3 Å². The zero-order chi connectivity index (χ0) is 11.7. The zero-order valence-electron chi connectivity index (χ0n) is 10.2. The molecule has 1 nitrogen and oxygen atoms in total. The summed E-state index contributed by atoms with van der Waals surface area (Å²) in [6, 6.07) is 8.48. The summed E-state index contributed by atoms with van der Waals surface area (Å²) >= 11 is 6.13. The predicted octanol–water partition coefficient (Wildman–Crippen LogP) is 3.76. The van der Waals surface area contributed by atoms with Gasteiger partial charge in [0, 0.05) is 23.5 Å². The fraction of sp³-hybridized carbons (Fsp3) is 0.600. The standard InChI is InChI=1S/C15H20ClN/c16-14-7-3-6-13(8-14)15(10-17-11-15)9-12-4-1-2-5-12/h3,6-8,12,17H,1-2,4-5,9-11H2. The Morgan fingerprint density at radius 1 is 1.24 bits per heavy atom. The monoisotopic (exact) mass is 249 g/mol. The van der Waals surface area contributed by atoms with E-state index in [1.54, 1.807) is 0 Å². The molecule has 1 aromatic carbocycles. The van der Waals surface area contributed by atoms with E-state index >= 15 is 0 Å². The number of nitrogens with one attached hydrogen (secondary N) is 1. The second-order valence-electron chi connectivity index (χ2n) is 5.75. The van der Waals surface area contributed by atoms with Gasteiger partial charge in [-0.05, 0) is 30.0 Å². The predicted molar refractivity (Wildman–Crippen MR) is 72.6 cm³/mol. The van der Waals surface area contributed by atoms with Crippen molar-refractivity contribution in [2.45, 2.75) is 37.5 Å². The molecule has 0 bridgehead atoms. The molecule has 1 heterocycles. The van der Waals surface area contributed by atoms with E-state index in [4.69, 9.17) is 11.6 Å². The summed E-state index contributed by atoms with van der Waals surface area (Å²) in [5.74, 6) is 0.941. The molecule has 1 aliphatic heterocycles. The number of rotatable bonds is 3. The van der Waals surface area contributed by atoms with Crippen LogP contribution in [0.2, 0.25) is 5.02 Å². The molecule has 1 aliphatic carbocycles. The topological polar surface area (TPSA) is 12.0 Å². The molecule has 17 heavy (non-hydrogen) atoms. The van der Waals surface area contributed by atoms with Crippen LogP contribution in [0.25, 0.3) is 0 Å². The fourth-order valence-corrected chi connectivity index (χ4v) is 3.67. The van der Waals surface area contributed by atoms with E-state index in [1.807, 2.05) is 6.07 Å². The summed E-state index contributed by atoms with van der Waals surface area (Å²) < 4.78 is 0. The maximum Gasteiger partial charge on any atom is 0.0408 e. The highest BCUT2D eigenvalue weighted by atomic mass is 35.5. The van der Waals surface area contributed by atoms with Gasteiger partial charge in [0.2, 0.25) is 0 Å². The van der Waals surface area contributed by atoms with E-state index in [2.05, 4.69) is 23.5 Å². The minimum absolute atomic E-state index is 0.375. The molecule has 92 valence electrons. The normalized spacial score (nSPS) is 23.6. The molecule has 1 saturated carbocycles. The molecule has 3 rings (SSSR count). The average Bonchev–Trinajstić information content (AvgIpc) is 2.76. The van der Waals surface area contributed by atoms with Crippen LogP contribution in [0.5, 0.6) is 0 Å². The van der Waals surface area contributed by atoms with Crippen molar-refractivity contribution in [1.29, 1.82) is 0 Å². The summed E-state index contributed by atoms with van der Waals surface area (Å²) in [6.07, 6.45) is 7.08. The van der Waals surface area contributed by atoms with Crippen LogP contribution in [-0.2, 0) is 5.41 Å². The molecule has 0 unspecified atom stereocenters. The Hall–Kier alpha value is -0.530. The third kappa shape index (κ3) is 2.23. The minimum atomic E-state index is 0.375. The average molecular weight is 250 g/mol. The molecule has 0 amide bonds. The van der Waals surface area contributed by atoms with Crippen LogP contribution >= 0.6 is 11.6 Å². The smallest absolute Gasteiger partial charge is 0.0408 e. The molecule has 0 radical (unpaired) electrons. The van der Waals surface area contributed by atoms with Gasteiger partial charge in [-0.1, -0.05) is 49.4 Å². The molecule has 0 atom stereocenters. The Morgan fingerprint density at radius 3 is 2.59 bits per heavy atom. The van der Waals surface area contributed by atoms with E-state index in [1.165, 1.54) is 37.7 Å². The molecule has 2 fully saturated rings. The van der Waals surface area contributed by atoms with Crippen molar-refractivity contribution in [3.63, 3.8) is 0 Å². The summed E-state index contributed by atoms with van der Waals surface area (Å²) in [5, 5.41) is 4.33. The van der Waals surface area contributed by atoms with Crippen molar-refractivity contribution in [1.82, 2.24) is 5.32 Å². The third-order valence-electron chi connectivity index (χ3n) is 4.52. The highest BCUT2D eigenvalue weighted by molar-refractivity contribution is 6.30. The molecule has 0 spiro atoms. The van der Waals surface area contributed by atoms with Crippen molar-refractivity contribution < 1.29 is 0 Å². The molecular formula is C15H20ClN. The van der Waals surface area contributed by atoms with E-state index in [9.17, 15) is 0 Å². The second-order valence-corrected chi connectivity index (χ2v) is 6.19. The van der Waals surface area contributed by atoms with Crippen molar-refractivity contribution >= 4 is 11.6 Å². The Labute approximate surface area is 109 Å². The quantitative estimate of drug-likeness (QED) is 0.860. The van der Waals surface area contributed by atoms with Crippen molar-refractivity contribution in [2.75, 3.05) is 13.1 Å². The van der Waals surface area contributed by atoms with Crippen LogP contribution in [-0.4, -0.2) is 13.1 Å². The third-order valence-corrected chi connectivity index (χ3v) is 4.75. The molecule has 1 N–H and O–H groups in total. The first-order valence-electron chi connectivity index (χ1n) is 6.75. The maximum absolute atomic E-state index is 6.13. The maximum atomic E-state index is 6.13. The van der Waals surface area contributed by atoms with Crippen LogP contribution < -0.4 is 5.32 Å². The molecule has 1 aromatic rings.